The number of pyridine rings is 1. The normalized spacial score (nSPS) is 19.6. The quantitative estimate of drug-likeness (QED) is 0.610. The maximum atomic E-state index is 12.3. The Balaban J connectivity index is 1.96. The van der Waals surface area contributed by atoms with E-state index in [0.717, 1.165) is 23.9 Å². The summed E-state index contributed by atoms with van der Waals surface area (Å²) >= 11 is 12.7. The molecule has 3 heterocycles. The summed E-state index contributed by atoms with van der Waals surface area (Å²) < 4.78 is 6.89. The number of methoxy groups -OCH3 is 1. The van der Waals surface area contributed by atoms with Gasteiger partial charge in [-0.3, -0.25) is 0 Å². The number of imidazole rings is 1. The third-order valence-electron chi connectivity index (χ3n) is 5.03. The van der Waals surface area contributed by atoms with Crippen molar-refractivity contribution in [3.8, 4) is 5.69 Å². The highest BCUT2D eigenvalue weighted by atomic mass is 35.5. The molecule has 2 atom stereocenters. The molecular weight excluding hydrogens is 387 g/mol. The number of benzene rings is 1. The van der Waals surface area contributed by atoms with Crippen molar-refractivity contribution in [1.29, 1.82) is 0 Å². The second kappa shape index (κ2) is 7.02. The van der Waals surface area contributed by atoms with E-state index in [1.807, 2.05) is 27.8 Å². The number of ether oxygens (including phenoxy) is 1. The molecule has 1 aromatic carbocycles. The van der Waals surface area contributed by atoms with E-state index in [9.17, 15) is 4.79 Å². The summed E-state index contributed by atoms with van der Waals surface area (Å²) in [4.78, 5) is 23.2. The van der Waals surface area contributed by atoms with Gasteiger partial charge in [-0.1, -0.05) is 23.2 Å². The molecule has 8 heteroatoms. The Morgan fingerprint density at radius 3 is 2.81 bits per heavy atom. The van der Waals surface area contributed by atoms with E-state index in [1.165, 1.54) is 7.11 Å². The van der Waals surface area contributed by atoms with Gasteiger partial charge in [0.1, 0.15) is 11.9 Å². The number of fused-ring (bicyclic) bond motifs is 1. The Morgan fingerprint density at radius 1 is 1.30 bits per heavy atom. The standard InChI is InChI=1S/C19H18Cl2N4O2/c1-11-3-6-14(19(26)27-2)25(11)16-9-15(24-8-7-22-10-24)12-4-5-13(20)17(21)18(12)23-16/h4-5,7-11,14H,3,6H2,1-2H3/t11-,14-/m0/s1. The van der Waals surface area contributed by atoms with E-state index < -0.39 is 0 Å². The molecule has 0 amide bonds. The van der Waals surface area contributed by atoms with Gasteiger partial charge in [0.2, 0.25) is 0 Å². The van der Waals surface area contributed by atoms with Crippen molar-refractivity contribution in [3.63, 3.8) is 0 Å². The number of hydrogen-bond acceptors (Lipinski definition) is 5. The van der Waals surface area contributed by atoms with Gasteiger partial charge in [0.05, 0.1) is 34.7 Å². The molecule has 0 unspecified atom stereocenters. The predicted octanol–water partition coefficient (Wildman–Crippen LogP) is 4.26. The first-order valence-electron chi connectivity index (χ1n) is 8.64. The first-order chi connectivity index (χ1) is 13.0. The van der Waals surface area contributed by atoms with Gasteiger partial charge in [0.25, 0.3) is 0 Å². The number of nitrogens with zero attached hydrogens (tertiary/aromatic N) is 4. The van der Waals surface area contributed by atoms with Crippen molar-refractivity contribution in [3.05, 3.63) is 47.0 Å². The Labute approximate surface area is 166 Å². The zero-order valence-corrected chi connectivity index (χ0v) is 16.4. The van der Waals surface area contributed by atoms with Gasteiger partial charge in [-0.2, -0.15) is 0 Å². The van der Waals surface area contributed by atoms with Crippen LogP contribution in [0.3, 0.4) is 0 Å². The minimum atomic E-state index is -0.372. The van der Waals surface area contributed by atoms with Crippen molar-refractivity contribution in [2.24, 2.45) is 0 Å². The lowest BCUT2D eigenvalue weighted by molar-refractivity contribution is -0.142. The fourth-order valence-electron chi connectivity index (χ4n) is 3.69. The van der Waals surface area contributed by atoms with E-state index >= 15 is 0 Å². The van der Waals surface area contributed by atoms with Gasteiger partial charge in [0, 0.05) is 29.9 Å². The molecule has 0 bridgehead atoms. The van der Waals surface area contributed by atoms with Crippen LogP contribution in [0.1, 0.15) is 19.8 Å². The summed E-state index contributed by atoms with van der Waals surface area (Å²) in [5, 5.41) is 1.68. The molecule has 0 spiro atoms. The summed E-state index contributed by atoms with van der Waals surface area (Å²) in [5.74, 6) is 0.401. The van der Waals surface area contributed by atoms with Gasteiger partial charge >= 0.3 is 5.97 Å². The van der Waals surface area contributed by atoms with Crippen LogP contribution in [0.4, 0.5) is 5.82 Å². The Bertz CT molecular complexity index is 1010. The second-order valence-electron chi connectivity index (χ2n) is 6.60. The lowest BCUT2D eigenvalue weighted by atomic mass is 10.1. The van der Waals surface area contributed by atoms with Crippen LogP contribution in [0, 0.1) is 0 Å². The average molecular weight is 405 g/mol. The number of carbonyl (C=O) groups excluding carboxylic acids is 1. The summed E-state index contributed by atoms with van der Waals surface area (Å²) in [6.45, 7) is 2.07. The van der Waals surface area contributed by atoms with Crippen LogP contribution >= 0.6 is 23.2 Å². The van der Waals surface area contributed by atoms with Gasteiger partial charge in [0.15, 0.2) is 0 Å². The molecule has 1 aliphatic heterocycles. The topological polar surface area (TPSA) is 60.2 Å². The molecule has 0 saturated carbocycles. The lowest BCUT2D eigenvalue weighted by Gasteiger charge is -2.29. The third-order valence-corrected chi connectivity index (χ3v) is 5.82. The van der Waals surface area contributed by atoms with E-state index in [2.05, 4.69) is 11.9 Å². The van der Waals surface area contributed by atoms with Crippen molar-refractivity contribution in [1.82, 2.24) is 14.5 Å². The molecule has 0 aliphatic carbocycles. The minimum Gasteiger partial charge on any atom is -0.467 e. The number of esters is 1. The number of halogens is 2. The summed E-state index contributed by atoms with van der Waals surface area (Å²) in [5.41, 5.74) is 1.46. The van der Waals surface area contributed by atoms with Crippen LogP contribution < -0.4 is 4.90 Å². The SMILES string of the molecule is COC(=O)[C@@H]1CC[C@H](C)N1c1cc(-n2ccnc2)c2ccc(Cl)c(Cl)c2n1. The molecule has 6 nitrogen and oxygen atoms in total. The lowest BCUT2D eigenvalue weighted by Crippen LogP contribution is -2.41. The number of carbonyl (C=O) groups is 1. The maximum Gasteiger partial charge on any atom is 0.328 e. The molecular formula is C19H18Cl2N4O2. The number of rotatable bonds is 3. The molecule has 0 N–H and O–H groups in total. The fourth-order valence-corrected chi connectivity index (χ4v) is 4.05. The highest BCUT2D eigenvalue weighted by Gasteiger charge is 2.37. The third kappa shape index (κ3) is 3.03. The summed E-state index contributed by atoms with van der Waals surface area (Å²) in [6.07, 6.45) is 6.87. The van der Waals surface area contributed by atoms with Gasteiger partial charge < -0.3 is 14.2 Å². The number of anilines is 1. The Morgan fingerprint density at radius 2 is 2.11 bits per heavy atom. The molecule has 27 heavy (non-hydrogen) atoms. The highest BCUT2D eigenvalue weighted by molar-refractivity contribution is 6.45. The summed E-state index contributed by atoms with van der Waals surface area (Å²) in [7, 11) is 1.41. The van der Waals surface area contributed by atoms with Gasteiger partial charge in [-0.05, 0) is 31.9 Å². The van der Waals surface area contributed by atoms with Crippen molar-refractivity contribution in [2.75, 3.05) is 12.0 Å². The monoisotopic (exact) mass is 404 g/mol. The van der Waals surface area contributed by atoms with Crippen LogP contribution in [0.5, 0.6) is 0 Å². The van der Waals surface area contributed by atoms with Crippen molar-refractivity contribution in [2.45, 2.75) is 31.8 Å². The molecule has 1 fully saturated rings. The first-order valence-corrected chi connectivity index (χ1v) is 9.40. The molecule has 2 aromatic heterocycles. The summed E-state index contributed by atoms with van der Waals surface area (Å²) in [6, 6.07) is 5.37. The average Bonchev–Trinajstić information content (AvgIpc) is 3.33. The fraction of sp³-hybridized carbons (Fsp3) is 0.316. The zero-order valence-electron chi connectivity index (χ0n) is 14.9. The van der Waals surface area contributed by atoms with Crippen molar-refractivity contribution >= 4 is 45.9 Å². The van der Waals surface area contributed by atoms with Crippen LogP contribution in [0.2, 0.25) is 10.0 Å². The predicted molar refractivity (Wildman–Crippen MR) is 106 cm³/mol. The number of aromatic nitrogens is 3. The Kier molecular flexibility index (Phi) is 4.70. The van der Waals surface area contributed by atoms with E-state index in [0.29, 0.717) is 21.4 Å². The zero-order chi connectivity index (χ0) is 19.1. The molecule has 1 saturated heterocycles. The van der Waals surface area contributed by atoms with Crippen molar-refractivity contribution < 1.29 is 9.53 Å². The van der Waals surface area contributed by atoms with Gasteiger partial charge in [-0.15, -0.1) is 0 Å². The van der Waals surface area contributed by atoms with E-state index in [1.54, 1.807) is 18.6 Å². The van der Waals surface area contributed by atoms with E-state index in [4.69, 9.17) is 32.9 Å². The molecule has 1 aliphatic rings. The second-order valence-corrected chi connectivity index (χ2v) is 7.38. The van der Waals surface area contributed by atoms with Crippen LogP contribution in [0.15, 0.2) is 36.9 Å². The molecule has 4 rings (SSSR count). The number of hydrogen-bond donors (Lipinski definition) is 0. The maximum absolute atomic E-state index is 12.3. The molecule has 0 radical (unpaired) electrons. The van der Waals surface area contributed by atoms with Gasteiger partial charge in [-0.25, -0.2) is 14.8 Å². The first kappa shape index (κ1) is 18.1. The minimum absolute atomic E-state index is 0.146. The largest absolute Gasteiger partial charge is 0.467 e. The molecule has 140 valence electrons. The van der Waals surface area contributed by atoms with Crippen LogP contribution in [0.25, 0.3) is 16.6 Å². The highest BCUT2D eigenvalue weighted by Crippen LogP contribution is 2.37. The Hall–Kier alpha value is -2.31. The van der Waals surface area contributed by atoms with Crippen LogP contribution in [-0.2, 0) is 9.53 Å². The smallest absolute Gasteiger partial charge is 0.328 e. The van der Waals surface area contributed by atoms with Crippen LogP contribution in [-0.4, -0.2) is 39.7 Å². The van der Waals surface area contributed by atoms with E-state index in [-0.39, 0.29) is 18.1 Å². The molecule has 3 aromatic rings.